The van der Waals surface area contributed by atoms with Crippen LogP contribution in [0.4, 0.5) is 16.3 Å². The molecule has 2 aliphatic heterocycles. The number of aryl methyl sites for hydroxylation is 1. The quantitative estimate of drug-likeness (QED) is 0.706. The molecule has 0 atom stereocenters. The van der Waals surface area contributed by atoms with Gasteiger partial charge in [-0.05, 0) is 80.3 Å². The maximum absolute atomic E-state index is 12.6. The molecule has 3 heterocycles. The molecule has 1 aliphatic carbocycles. The fourth-order valence-corrected chi connectivity index (χ4v) is 4.97. The summed E-state index contributed by atoms with van der Waals surface area (Å²) in [6.45, 7) is 6.84. The lowest BCUT2D eigenvalue weighted by molar-refractivity contribution is 0.122. The van der Waals surface area contributed by atoms with Gasteiger partial charge in [0.1, 0.15) is 11.9 Å². The third-order valence-corrected chi connectivity index (χ3v) is 6.91. The Morgan fingerprint density at radius 1 is 1.03 bits per heavy atom. The number of likely N-dealkylation sites (tertiary alicyclic amines) is 1. The van der Waals surface area contributed by atoms with Crippen molar-refractivity contribution in [3.05, 3.63) is 35.9 Å². The van der Waals surface area contributed by atoms with Crippen LogP contribution in [0.2, 0.25) is 0 Å². The second-order valence-electron chi connectivity index (χ2n) is 9.33. The van der Waals surface area contributed by atoms with Gasteiger partial charge in [-0.15, -0.1) is 0 Å². The lowest BCUT2D eigenvalue weighted by Crippen LogP contribution is -2.36. The number of carbonyl (C=O) groups is 1. The van der Waals surface area contributed by atoms with Gasteiger partial charge in [-0.1, -0.05) is 6.07 Å². The molecule has 2 aromatic rings. The van der Waals surface area contributed by atoms with Crippen LogP contribution in [-0.2, 0) is 4.74 Å². The zero-order valence-electron chi connectivity index (χ0n) is 19.5. The first-order valence-corrected chi connectivity index (χ1v) is 12.3. The fraction of sp³-hybridized carbons (Fsp3) is 0.538. The molecule has 1 aromatic heterocycles. The topological polar surface area (TPSA) is 66.9 Å². The standard InChI is InChI=1S/C26H34N4O3/c1-19-8-9-21(27-26(31)30-10-4-5-11-30)18-23(19)20-16-24(29-12-14-32-15-13-29)28-25(17-20)33-22-6-2-3-7-22/h8-9,16-18,22H,2-7,10-15H2,1H3,(H,27,31). The van der Waals surface area contributed by atoms with Gasteiger partial charge in [-0.3, -0.25) is 0 Å². The third-order valence-electron chi connectivity index (χ3n) is 6.91. The summed E-state index contributed by atoms with van der Waals surface area (Å²) in [6.07, 6.45) is 7.04. The maximum Gasteiger partial charge on any atom is 0.321 e. The van der Waals surface area contributed by atoms with E-state index in [4.69, 9.17) is 14.5 Å². The van der Waals surface area contributed by atoms with E-state index in [0.29, 0.717) is 19.1 Å². The molecule has 7 heteroatoms. The van der Waals surface area contributed by atoms with Gasteiger partial charge in [0.15, 0.2) is 0 Å². The van der Waals surface area contributed by atoms with Crippen LogP contribution in [0.5, 0.6) is 5.88 Å². The van der Waals surface area contributed by atoms with E-state index < -0.39 is 0 Å². The molecule has 1 N–H and O–H groups in total. The summed E-state index contributed by atoms with van der Waals surface area (Å²) < 4.78 is 11.9. The predicted octanol–water partition coefficient (Wildman–Crippen LogP) is 4.84. The fourth-order valence-electron chi connectivity index (χ4n) is 4.97. The minimum absolute atomic E-state index is 0.0173. The van der Waals surface area contributed by atoms with E-state index in [1.54, 1.807) is 0 Å². The lowest BCUT2D eigenvalue weighted by Gasteiger charge is -2.29. The average Bonchev–Trinajstić information content (AvgIpc) is 3.55. The Kier molecular flexibility index (Phi) is 6.67. The molecular formula is C26H34N4O3. The zero-order chi connectivity index (χ0) is 22.6. The smallest absolute Gasteiger partial charge is 0.321 e. The van der Waals surface area contributed by atoms with Crippen LogP contribution < -0.4 is 15.0 Å². The molecule has 176 valence electrons. The Morgan fingerprint density at radius 2 is 1.79 bits per heavy atom. The Hall–Kier alpha value is -2.80. The summed E-state index contributed by atoms with van der Waals surface area (Å²) in [6, 6.07) is 10.3. The molecule has 1 saturated carbocycles. The van der Waals surface area contributed by atoms with Gasteiger partial charge < -0.3 is 24.6 Å². The summed E-state index contributed by atoms with van der Waals surface area (Å²) in [5.41, 5.74) is 4.12. The van der Waals surface area contributed by atoms with Crippen molar-refractivity contribution in [2.75, 3.05) is 49.6 Å². The van der Waals surface area contributed by atoms with Crippen molar-refractivity contribution < 1.29 is 14.3 Å². The van der Waals surface area contributed by atoms with Crippen molar-refractivity contribution in [3.63, 3.8) is 0 Å². The number of nitrogens with one attached hydrogen (secondary N) is 1. The highest BCUT2D eigenvalue weighted by Crippen LogP contribution is 2.33. The van der Waals surface area contributed by atoms with Gasteiger partial charge in [0.05, 0.1) is 13.2 Å². The molecule has 1 aromatic carbocycles. The summed E-state index contributed by atoms with van der Waals surface area (Å²) in [5.74, 6) is 1.61. The molecule has 0 unspecified atom stereocenters. The van der Waals surface area contributed by atoms with Gasteiger partial charge in [0.2, 0.25) is 5.88 Å². The number of pyridine rings is 1. The Morgan fingerprint density at radius 3 is 2.55 bits per heavy atom. The Bertz CT molecular complexity index is 977. The first-order chi connectivity index (χ1) is 16.2. The van der Waals surface area contributed by atoms with Gasteiger partial charge >= 0.3 is 6.03 Å². The van der Waals surface area contributed by atoms with E-state index in [-0.39, 0.29) is 12.1 Å². The molecule has 5 rings (SSSR count). The van der Waals surface area contributed by atoms with Crippen LogP contribution in [0.25, 0.3) is 11.1 Å². The van der Waals surface area contributed by atoms with Gasteiger partial charge in [0.25, 0.3) is 0 Å². The second-order valence-corrected chi connectivity index (χ2v) is 9.33. The van der Waals surface area contributed by atoms with E-state index in [0.717, 1.165) is 80.1 Å². The number of hydrogen-bond acceptors (Lipinski definition) is 5. The van der Waals surface area contributed by atoms with Gasteiger partial charge in [0, 0.05) is 37.9 Å². The SMILES string of the molecule is Cc1ccc(NC(=O)N2CCCC2)cc1-c1cc(OC2CCCC2)nc(N2CCOCC2)c1. The molecule has 2 amide bonds. The molecule has 7 nitrogen and oxygen atoms in total. The van der Waals surface area contributed by atoms with E-state index in [1.165, 1.54) is 12.8 Å². The van der Waals surface area contributed by atoms with Crippen LogP contribution in [0, 0.1) is 6.92 Å². The number of hydrogen-bond donors (Lipinski definition) is 1. The minimum Gasteiger partial charge on any atom is -0.474 e. The molecule has 3 aliphatic rings. The van der Waals surface area contributed by atoms with Crippen LogP contribution in [0.3, 0.4) is 0 Å². The number of rotatable bonds is 5. The van der Waals surface area contributed by atoms with Crippen molar-refractivity contribution in [3.8, 4) is 17.0 Å². The first-order valence-electron chi connectivity index (χ1n) is 12.3. The summed E-state index contributed by atoms with van der Waals surface area (Å²) in [7, 11) is 0. The largest absolute Gasteiger partial charge is 0.474 e. The summed E-state index contributed by atoms with van der Waals surface area (Å²) in [4.78, 5) is 21.6. The maximum atomic E-state index is 12.6. The van der Waals surface area contributed by atoms with Crippen molar-refractivity contribution in [2.45, 2.75) is 51.6 Å². The van der Waals surface area contributed by atoms with Crippen molar-refractivity contribution >= 4 is 17.5 Å². The Balaban J connectivity index is 1.45. The van der Waals surface area contributed by atoms with Crippen LogP contribution in [0.1, 0.15) is 44.1 Å². The number of aromatic nitrogens is 1. The second kappa shape index (κ2) is 10.00. The van der Waals surface area contributed by atoms with Crippen LogP contribution >= 0.6 is 0 Å². The van der Waals surface area contributed by atoms with Gasteiger partial charge in [-0.25, -0.2) is 4.79 Å². The van der Waals surface area contributed by atoms with Crippen molar-refractivity contribution in [1.82, 2.24) is 9.88 Å². The number of morpholine rings is 1. The molecular weight excluding hydrogens is 416 g/mol. The Labute approximate surface area is 196 Å². The van der Waals surface area contributed by atoms with E-state index in [1.807, 2.05) is 11.0 Å². The summed E-state index contributed by atoms with van der Waals surface area (Å²) in [5, 5.41) is 3.09. The number of carbonyl (C=O) groups excluding carboxylic acids is 1. The molecule has 2 saturated heterocycles. The molecule has 0 spiro atoms. The van der Waals surface area contributed by atoms with Crippen molar-refractivity contribution in [2.24, 2.45) is 0 Å². The third kappa shape index (κ3) is 5.24. The monoisotopic (exact) mass is 450 g/mol. The molecule has 3 fully saturated rings. The average molecular weight is 451 g/mol. The molecule has 33 heavy (non-hydrogen) atoms. The zero-order valence-corrected chi connectivity index (χ0v) is 19.5. The minimum atomic E-state index is -0.0173. The van der Waals surface area contributed by atoms with E-state index in [2.05, 4.69) is 41.4 Å². The van der Waals surface area contributed by atoms with Crippen molar-refractivity contribution in [1.29, 1.82) is 0 Å². The predicted molar refractivity (Wildman–Crippen MR) is 130 cm³/mol. The number of nitrogens with zero attached hydrogens (tertiary/aromatic N) is 3. The number of urea groups is 1. The van der Waals surface area contributed by atoms with Gasteiger partial charge in [-0.2, -0.15) is 4.98 Å². The first kappa shape index (κ1) is 22.0. The van der Waals surface area contributed by atoms with Crippen LogP contribution in [-0.4, -0.2) is 61.4 Å². The number of amides is 2. The highest BCUT2D eigenvalue weighted by Gasteiger charge is 2.21. The lowest BCUT2D eigenvalue weighted by atomic mass is 10.00. The highest BCUT2D eigenvalue weighted by atomic mass is 16.5. The van der Waals surface area contributed by atoms with E-state index >= 15 is 0 Å². The van der Waals surface area contributed by atoms with E-state index in [9.17, 15) is 4.79 Å². The summed E-state index contributed by atoms with van der Waals surface area (Å²) >= 11 is 0. The number of benzene rings is 1. The number of ether oxygens (including phenoxy) is 2. The molecule has 0 radical (unpaired) electrons. The molecule has 0 bridgehead atoms. The van der Waals surface area contributed by atoms with Crippen LogP contribution in [0.15, 0.2) is 30.3 Å². The number of anilines is 2. The highest BCUT2D eigenvalue weighted by molar-refractivity contribution is 5.90. The normalized spacial score (nSPS) is 19.2.